The molecule has 1 heterocycles. The molecule has 0 bridgehead atoms. The number of nitrogens with zero attached hydrogens (tertiary/aromatic N) is 2. The molecule has 1 rings (SSSR count). The van der Waals surface area contributed by atoms with Crippen LogP contribution in [0, 0.1) is 0 Å². The highest BCUT2D eigenvalue weighted by atomic mass is 16.6. The monoisotopic (exact) mass is 212 g/mol. The van der Waals surface area contributed by atoms with E-state index in [9.17, 15) is 9.59 Å². The number of oxime groups is 1. The molecule has 0 radical (unpaired) electrons. The number of amides is 1. The van der Waals surface area contributed by atoms with E-state index < -0.39 is 12.1 Å². The summed E-state index contributed by atoms with van der Waals surface area (Å²) >= 11 is 0. The quantitative estimate of drug-likeness (QED) is 0.658. The zero-order valence-corrected chi connectivity index (χ0v) is 8.34. The number of aliphatic carboxylic acids is 1. The third-order valence-corrected chi connectivity index (χ3v) is 1.97. The maximum atomic E-state index is 11.6. The summed E-state index contributed by atoms with van der Waals surface area (Å²) in [6.07, 6.45) is 0.766. The highest BCUT2D eigenvalue weighted by molar-refractivity contribution is 6.36. The third kappa shape index (κ3) is 2.55. The Bertz CT molecular complexity index is 324. The smallest absolute Gasteiger partial charge is 0.353 e. The van der Waals surface area contributed by atoms with Gasteiger partial charge in [0.1, 0.15) is 0 Å². The van der Waals surface area contributed by atoms with Crippen molar-refractivity contribution in [1.82, 2.24) is 4.90 Å². The second-order valence-corrected chi connectivity index (χ2v) is 3.15. The lowest BCUT2D eigenvalue weighted by molar-refractivity contribution is -0.140. The summed E-state index contributed by atoms with van der Waals surface area (Å²) in [5, 5.41) is 11.9. The second-order valence-electron chi connectivity index (χ2n) is 3.15. The normalized spacial score (nSPS) is 19.0. The Morgan fingerprint density at radius 1 is 1.80 bits per heavy atom. The Morgan fingerprint density at radius 3 is 2.93 bits per heavy atom. The SMILES string of the molecule is C=CCN(C)C(=O)C1CC(C(=O)O)=NO1. The lowest BCUT2D eigenvalue weighted by Crippen LogP contribution is -2.36. The lowest BCUT2D eigenvalue weighted by Gasteiger charge is -2.17. The average Bonchev–Trinajstić information content (AvgIpc) is 2.65. The Balaban J connectivity index is 2.52. The fourth-order valence-electron chi connectivity index (χ4n) is 1.17. The van der Waals surface area contributed by atoms with Gasteiger partial charge in [-0.1, -0.05) is 11.2 Å². The molecule has 0 saturated carbocycles. The largest absolute Gasteiger partial charge is 0.477 e. The van der Waals surface area contributed by atoms with E-state index in [1.165, 1.54) is 4.90 Å². The van der Waals surface area contributed by atoms with Crippen molar-refractivity contribution in [2.24, 2.45) is 5.16 Å². The number of likely N-dealkylation sites (N-methyl/N-ethyl adjacent to an activating group) is 1. The second kappa shape index (κ2) is 4.59. The van der Waals surface area contributed by atoms with Gasteiger partial charge < -0.3 is 14.8 Å². The molecule has 1 amide bonds. The van der Waals surface area contributed by atoms with Crippen molar-refractivity contribution in [2.75, 3.05) is 13.6 Å². The van der Waals surface area contributed by atoms with E-state index in [1.807, 2.05) is 0 Å². The van der Waals surface area contributed by atoms with Gasteiger partial charge in [-0.2, -0.15) is 0 Å². The molecule has 1 aliphatic heterocycles. The van der Waals surface area contributed by atoms with Gasteiger partial charge in [0.2, 0.25) is 6.10 Å². The van der Waals surface area contributed by atoms with Crippen LogP contribution in [0.25, 0.3) is 0 Å². The topological polar surface area (TPSA) is 79.2 Å². The maximum absolute atomic E-state index is 11.6. The van der Waals surface area contributed by atoms with Crippen LogP contribution in [0.15, 0.2) is 17.8 Å². The van der Waals surface area contributed by atoms with Gasteiger partial charge >= 0.3 is 5.97 Å². The molecule has 0 aromatic rings. The van der Waals surface area contributed by atoms with E-state index in [0.29, 0.717) is 6.54 Å². The van der Waals surface area contributed by atoms with Crippen LogP contribution in [-0.4, -0.2) is 47.3 Å². The molecule has 0 aromatic heterocycles. The summed E-state index contributed by atoms with van der Waals surface area (Å²) in [5.41, 5.74) is -0.125. The van der Waals surface area contributed by atoms with Gasteiger partial charge in [0.05, 0.1) is 0 Å². The summed E-state index contributed by atoms with van der Waals surface area (Å²) in [7, 11) is 1.59. The summed E-state index contributed by atoms with van der Waals surface area (Å²) in [6.45, 7) is 3.89. The molecule has 6 nitrogen and oxygen atoms in total. The van der Waals surface area contributed by atoms with Gasteiger partial charge in [-0.3, -0.25) is 4.79 Å². The van der Waals surface area contributed by atoms with Crippen LogP contribution in [0.5, 0.6) is 0 Å². The van der Waals surface area contributed by atoms with Crippen molar-refractivity contribution < 1.29 is 19.5 Å². The first kappa shape index (κ1) is 11.2. The molecular weight excluding hydrogens is 200 g/mol. The van der Waals surface area contributed by atoms with E-state index >= 15 is 0 Å². The van der Waals surface area contributed by atoms with Crippen LogP contribution in [-0.2, 0) is 14.4 Å². The first-order chi connectivity index (χ1) is 7.06. The van der Waals surface area contributed by atoms with Crippen LogP contribution in [0.3, 0.4) is 0 Å². The minimum absolute atomic E-state index is 0.00957. The molecule has 15 heavy (non-hydrogen) atoms. The van der Waals surface area contributed by atoms with Crippen LogP contribution in [0.1, 0.15) is 6.42 Å². The molecule has 0 aromatic carbocycles. The van der Waals surface area contributed by atoms with Crippen molar-refractivity contribution in [3.8, 4) is 0 Å². The number of carbonyl (C=O) groups excluding carboxylic acids is 1. The molecule has 1 N–H and O–H groups in total. The lowest BCUT2D eigenvalue weighted by atomic mass is 10.1. The standard InChI is InChI=1S/C9H12N2O4/c1-3-4-11(2)8(12)7-5-6(9(13)14)10-15-7/h3,7H,1,4-5H2,2H3,(H,13,14). The number of rotatable bonds is 4. The summed E-state index contributed by atoms with van der Waals surface area (Å²) < 4.78 is 0. The fraction of sp³-hybridized carbons (Fsp3) is 0.444. The van der Waals surface area contributed by atoms with Crippen LogP contribution in [0.4, 0.5) is 0 Å². The Labute approximate surface area is 86.8 Å². The molecule has 0 fully saturated rings. The van der Waals surface area contributed by atoms with E-state index in [-0.39, 0.29) is 18.0 Å². The maximum Gasteiger partial charge on any atom is 0.353 e. The Hall–Kier alpha value is -1.85. The van der Waals surface area contributed by atoms with E-state index in [4.69, 9.17) is 9.94 Å². The number of carbonyl (C=O) groups is 2. The highest BCUT2D eigenvalue weighted by Gasteiger charge is 2.32. The molecule has 1 unspecified atom stereocenters. The average molecular weight is 212 g/mol. The molecule has 82 valence electrons. The number of carboxylic acids is 1. The fourth-order valence-corrected chi connectivity index (χ4v) is 1.17. The molecule has 6 heteroatoms. The summed E-state index contributed by atoms with van der Waals surface area (Å²) in [4.78, 5) is 28.2. The predicted octanol–water partition coefficient (Wildman–Crippen LogP) is -0.140. The van der Waals surface area contributed by atoms with Gasteiger partial charge in [-0.05, 0) is 0 Å². The van der Waals surface area contributed by atoms with Crippen LogP contribution < -0.4 is 0 Å². The van der Waals surface area contributed by atoms with E-state index in [2.05, 4.69) is 11.7 Å². The number of carboxylic acid groups (broad SMARTS) is 1. The Kier molecular flexibility index (Phi) is 3.43. The predicted molar refractivity (Wildman–Crippen MR) is 52.4 cm³/mol. The van der Waals surface area contributed by atoms with Crippen molar-refractivity contribution >= 4 is 17.6 Å². The molecule has 0 saturated heterocycles. The minimum atomic E-state index is -1.16. The third-order valence-electron chi connectivity index (χ3n) is 1.97. The van der Waals surface area contributed by atoms with Crippen LogP contribution in [0.2, 0.25) is 0 Å². The first-order valence-electron chi connectivity index (χ1n) is 4.38. The number of hydrogen-bond donors (Lipinski definition) is 1. The molecule has 1 atom stereocenters. The van der Waals surface area contributed by atoms with Crippen molar-refractivity contribution in [3.05, 3.63) is 12.7 Å². The number of hydrogen-bond acceptors (Lipinski definition) is 4. The first-order valence-corrected chi connectivity index (χ1v) is 4.38. The Morgan fingerprint density at radius 2 is 2.47 bits per heavy atom. The van der Waals surface area contributed by atoms with Gasteiger partial charge in [0.25, 0.3) is 5.91 Å². The van der Waals surface area contributed by atoms with Crippen LogP contribution >= 0.6 is 0 Å². The zero-order valence-electron chi connectivity index (χ0n) is 8.34. The van der Waals surface area contributed by atoms with Crippen molar-refractivity contribution in [2.45, 2.75) is 12.5 Å². The van der Waals surface area contributed by atoms with Crippen molar-refractivity contribution in [3.63, 3.8) is 0 Å². The molecule has 1 aliphatic rings. The highest BCUT2D eigenvalue weighted by Crippen LogP contribution is 2.12. The summed E-state index contributed by atoms with van der Waals surface area (Å²) in [5.74, 6) is -1.45. The molecule has 0 aliphatic carbocycles. The van der Waals surface area contributed by atoms with Gasteiger partial charge in [0.15, 0.2) is 5.71 Å². The summed E-state index contributed by atoms with van der Waals surface area (Å²) in [6, 6.07) is 0. The van der Waals surface area contributed by atoms with Crippen molar-refractivity contribution in [1.29, 1.82) is 0 Å². The molecular formula is C9H12N2O4. The van der Waals surface area contributed by atoms with E-state index in [1.54, 1.807) is 13.1 Å². The van der Waals surface area contributed by atoms with E-state index in [0.717, 1.165) is 0 Å². The molecule has 0 spiro atoms. The zero-order chi connectivity index (χ0) is 11.4. The van der Waals surface area contributed by atoms with Gasteiger partial charge in [0, 0.05) is 20.0 Å². The van der Waals surface area contributed by atoms with Gasteiger partial charge in [-0.25, -0.2) is 4.79 Å². The van der Waals surface area contributed by atoms with Gasteiger partial charge in [-0.15, -0.1) is 6.58 Å². The minimum Gasteiger partial charge on any atom is -0.477 e.